The van der Waals surface area contributed by atoms with Gasteiger partial charge in [0.05, 0.1) is 0 Å². The van der Waals surface area contributed by atoms with Crippen LogP contribution in [0.5, 0.6) is 0 Å². The fourth-order valence-corrected chi connectivity index (χ4v) is 2.16. The summed E-state index contributed by atoms with van der Waals surface area (Å²) in [5.41, 5.74) is 6.82. The lowest BCUT2D eigenvalue weighted by Gasteiger charge is -2.21. The monoisotopic (exact) mass is 262 g/mol. The molecule has 0 heterocycles. The van der Waals surface area contributed by atoms with Gasteiger partial charge in [-0.2, -0.15) is 0 Å². The Hall–Kier alpha value is -1.35. The zero-order chi connectivity index (χ0) is 13.9. The van der Waals surface area contributed by atoms with Gasteiger partial charge >= 0.3 is 0 Å². The number of hydrogen-bond acceptors (Lipinski definition) is 2. The second-order valence-corrected chi connectivity index (χ2v) is 4.86. The molecule has 0 spiro atoms. The predicted molar refractivity (Wildman–Crippen MR) is 79.9 cm³/mol. The van der Waals surface area contributed by atoms with Gasteiger partial charge in [0.2, 0.25) is 5.91 Å². The third-order valence-corrected chi connectivity index (χ3v) is 3.18. The van der Waals surface area contributed by atoms with Crippen molar-refractivity contribution in [2.45, 2.75) is 39.0 Å². The van der Waals surface area contributed by atoms with Crippen molar-refractivity contribution in [2.24, 2.45) is 5.73 Å². The summed E-state index contributed by atoms with van der Waals surface area (Å²) in [6.07, 6.45) is 4.44. The lowest BCUT2D eigenvalue weighted by atomic mass is 10.1. The second-order valence-electron chi connectivity index (χ2n) is 4.86. The van der Waals surface area contributed by atoms with Gasteiger partial charge in [-0.25, -0.2) is 0 Å². The van der Waals surface area contributed by atoms with E-state index in [-0.39, 0.29) is 5.91 Å². The molecule has 0 aliphatic heterocycles. The largest absolute Gasteiger partial charge is 0.343 e. The van der Waals surface area contributed by atoms with E-state index in [1.54, 1.807) is 0 Å². The van der Waals surface area contributed by atoms with Gasteiger partial charge in [-0.15, -0.1) is 0 Å². The number of amides is 1. The van der Waals surface area contributed by atoms with Crippen molar-refractivity contribution in [1.82, 2.24) is 4.90 Å². The normalized spacial score (nSPS) is 10.4. The summed E-state index contributed by atoms with van der Waals surface area (Å²) in [6, 6.07) is 10.3. The molecular formula is C16H26N2O. The molecule has 1 amide bonds. The minimum atomic E-state index is 0.270. The van der Waals surface area contributed by atoms with Crippen molar-refractivity contribution in [3.8, 4) is 0 Å². The van der Waals surface area contributed by atoms with Crippen LogP contribution in [0.25, 0.3) is 0 Å². The molecule has 0 radical (unpaired) electrons. The van der Waals surface area contributed by atoms with Gasteiger partial charge in [-0.05, 0) is 37.8 Å². The second kappa shape index (κ2) is 9.56. The first-order valence-corrected chi connectivity index (χ1v) is 7.29. The number of hydrogen-bond donors (Lipinski definition) is 1. The molecule has 0 aromatic heterocycles. The number of rotatable bonds is 9. The summed E-state index contributed by atoms with van der Waals surface area (Å²) < 4.78 is 0. The molecule has 1 aromatic rings. The quantitative estimate of drug-likeness (QED) is 0.743. The van der Waals surface area contributed by atoms with Crippen LogP contribution in [0.3, 0.4) is 0 Å². The molecule has 0 aliphatic rings. The minimum absolute atomic E-state index is 0.270. The van der Waals surface area contributed by atoms with E-state index >= 15 is 0 Å². The van der Waals surface area contributed by atoms with Crippen LogP contribution in [0.4, 0.5) is 0 Å². The Bertz CT molecular complexity index is 351. The molecule has 1 rings (SSSR count). The third-order valence-electron chi connectivity index (χ3n) is 3.18. The molecule has 0 bridgehead atoms. The van der Waals surface area contributed by atoms with Gasteiger partial charge in [0, 0.05) is 19.5 Å². The average molecular weight is 262 g/mol. The van der Waals surface area contributed by atoms with E-state index in [0.717, 1.165) is 38.8 Å². The van der Waals surface area contributed by atoms with Gasteiger partial charge in [-0.3, -0.25) is 4.79 Å². The van der Waals surface area contributed by atoms with Crippen LogP contribution in [0.15, 0.2) is 30.3 Å². The molecule has 106 valence electrons. The number of aryl methyl sites for hydroxylation is 1. The molecule has 0 atom stereocenters. The Morgan fingerprint density at radius 3 is 2.53 bits per heavy atom. The molecule has 3 nitrogen and oxygen atoms in total. The summed E-state index contributed by atoms with van der Waals surface area (Å²) in [7, 11) is 0. The van der Waals surface area contributed by atoms with E-state index in [2.05, 4.69) is 19.1 Å². The third kappa shape index (κ3) is 6.39. The Labute approximate surface area is 116 Å². The highest BCUT2D eigenvalue weighted by Crippen LogP contribution is 2.07. The van der Waals surface area contributed by atoms with E-state index < -0.39 is 0 Å². The van der Waals surface area contributed by atoms with Gasteiger partial charge < -0.3 is 10.6 Å². The lowest BCUT2D eigenvalue weighted by Crippen LogP contribution is -2.33. The van der Waals surface area contributed by atoms with Gasteiger partial charge in [0.15, 0.2) is 0 Å². The SMILES string of the molecule is CCCN(CCCN)C(=O)CCCc1ccccc1. The Balaban J connectivity index is 2.31. The predicted octanol–water partition coefficient (Wildman–Crippen LogP) is 2.60. The molecule has 0 unspecified atom stereocenters. The summed E-state index contributed by atoms with van der Waals surface area (Å²) in [4.78, 5) is 14.1. The van der Waals surface area contributed by atoms with E-state index in [9.17, 15) is 4.79 Å². The number of benzene rings is 1. The molecule has 3 heteroatoms. The maximum absolute atomic E-state index is 12.1. The maximum Gasteiger partial charge on any atom is 0.222 e. The first-order chi connectivity index (χ1) is 9.27. The minimum Gasteiger partial charge on any atom is -0.343 e. The zero-order valence-electron chi connectivity index (χ0n) is 12.0. The molecule has 0 saturated carbocycles. The smallest absolute Gasteiger partial charge is 0.222 e. The summed E-state index contributed by atoms with van der Waals surface area (Å²) in [6.45, 7) is 4.41. The topological polar surface area (TPSA) is 46.3 Å². The molecule has 2 N–H and O–H groups in total. The fraction of sp³-hybridized carbons (Fsp3) is 0.562. The van der Waals surface area contributed by atoms with Gasteiger partial charge in [0.1, 0.15) is 0 Å². The van der Waals surface area contributed by atoms with Crippen LogP contribution in [-0.2, 0) is 11.2 Å². The van der Waals surface area contributed by atoms with E-state index in [1.807, 2.05) is 23.1 Å². The highest BCUT2D eigenvalue weighted by molar-refractivity contribution is 5.76. The van der Waals surface area contributed by atoms with Crippen LogP contribution < -0.4 is 5.73 Å². The van der Waals surface area contributed by atoms with Gasteiger partial charge in [-0.1, -0.05) is 37.3 Å². The summed E-state index contributed by atoms with van der Waals surface area (Å²) in [5.74, 6) is 0.270. The molecule has 0 saturated heterocycles. The zero-order valence-corrected chi connectivity index (χ0v) is 12.0. The Morgan fingerprint density at radius 2 is 1.89 bits per heavy atom. The first-order valence-electron chi connectivity index (χ1n) is 7.29. The number of carbonyl (C=O) groups is 1. The van der Waals surface area contributed by atoms with E-state index in [0.29, 0.717) is 13.0 Å². The van der Waals surface area contributed by atoms with Crippen molar-refractivity contribution in [2.75, 3.05) is 19.6 Å². The van der Waals surface area contributed by atoms with Crippen LogP contribution in [0.1, 0.15) is 38.2 Å². The highest BCUT2D eigenvalue weighted by atomic mass is 16.2. The summed E-state index contributed by atoms with van der Waals surface area (Å²) in [5, 5.41) is 0. The maximum atomic E-state index is 12.1. The van der Waals surface area contributed by atoms with E-state index in [1.165, 1.54) is 5.56 Å². The first kappa shape index (κ1) is 15.7. The van der Waals surface area contributed by atoms with Gasteiger partial charge in [0.25, 0.3) is 0 Å². The van der Waals surface area contributed by atoms with E-state index in [4.69, 9.17) is 5.73 Å². The number of carbonyl (C=O) groups excluding carboxylic acids is 1. The van der Waals surface area contributed by atoms with Crippen molar-refractivity contribution in [3.05, 3.63) is 35.9 Å². The van der Waals surface area contributed by atoms with Crippen molar-refractivity contribution in [1.29, 1.82) is 0 Å². The standard InChI is InChI=1S/C16H26N2O/c1-2-13-18(14-7-12-17)16(19)11-6-10-15-8-4-3-5-9-15/h3-5,8-9H,2,6-7,10-14,17H2,1H3. The molecule has 0 aliphatic carbocycles. The van der Waals surface area contributed by atoms with Crippen molar-refractivity contribution >= 4 is 5.91 Å². The molecule has 0 fully saturated rings. The number of nitrogens with zero attached hydrogens (tertiary/aromatic N) is 1. The van der Waals surface area contributed by atoms with Crippen molar-refractivity contribution < 1.29 is 4.79 Å². The number of nitrogens with two attached hydrogens (primary N) is 1. The molecular weight excluding hydrogens is 236 g/mol. The lowest BCUT2D eigenvalue weighted by molar-refractivity contribution is -0.131. The summed E-state index contributed by atoms with van der Waals surface area (Å²) >= 11 is 0. The van der Waals surface area contributed by atoms with Crippen LogP contribution in [-0.4, -0.2) is 30.4 Å². The molecule has 1 aromatic carbocycles. The van der Waals surface area contributed by atoms with Crippen molar-refractivity contribution in [3.63, 3.8) is 0 Å². The Morgan fingerprint density at radius 1 is 1.16 bits per heavy atom. The average Bonchev–Trinajstić information content (AvgIpc) is 2.44. The highest BCUT2D eigenvalue weighted by Gasteiger charge is 2.11. The van der Waals surface area contributed by atoms with Crippen LogP contribution >= 0.6 is 0 Å². The van der Waals surface area contributed by atoms with Crippen LogP contribution in [0, 0.1) is 0 Å². The Kier molecular flexibility index (Phi) is 7.91. The fourth-order valence-electron chi connectivity index (χ4n) is 2.16. The van der Waals surface area contributed by atoms with Crippen LogP contribution in [0.2, 0.25) is 0 Å². The molecule has 19 heavy (non-hydrogen) atoms.